The van der Waals surface area contributed by atoms with Crippen LogP contribution in [0.5, 0.6) is 28.7 Å². The second-order valence-electron chi connectivity index (χ2n) is 12.2. The molecule has 47 heavy (non-hydrogen) atoms. The third-order valence-corrected chi connectivity index (χ3v) is 8.88. The molecule has 0 amide bonds. The lowest BCUT2D eigenvalue weighted by atomic mass is 9.66. The van der Waals surface area contributed by atoms with Crippen molar-refractivity contribution in [1.29, 1.82) is 0 Å². The fraction of sp³-hybridized carbons (Fsp3) is 0.429. The van der Waals surface area contributed by atoms with Crippen LogP contribution in [-0.4, -0.2) is 64.8 Å². The molecule has 1 aliphatic carbocycles. The average molecular weight is 649 g/mol. The zero-order valence-corrected chi connectivity index (χ0v) is 26.5. The molecule has 4 aliphatic rings. The second kappa shape index (κ2) is 12.6. The predicted octanol–water partition coefficient (Wildman–Crippen LogP) is 5.29. The van der Waals surface area contributed by atoms with Crippen molar-refractivity contribution in [3.05, 3.63) is 76.9 Å². The molecule has 3 aromatic rings. The minimum Gasteiger partial charge on any atom is -0.493 e. The first-order valence-electron chi connectivity index (χ1n) is 15.4. The van der Waals surface area contributed by atoms with Crippen molar-refractivity contribution in [3.63, 3.8) is 0 Å². The lowest BCUT2D eigenvalue weighted by molar-refractivity contribution is -0.150. The summed E-state index contributed by atoms with van der Waals surface area (Å²) in [7, 11) is 2.92. The monoisotopic (exact) mass is 648 g/mol. The SMILES string of the molecule is COc1cc([C@@H]2c3cc4c(cc3[C@@H](OCC3COC(C)(C)O3)C3COC(=O)[C@@H]32)OCO4)cc(OC)c1OC(=O)OCc1ccccc1. The zero-order valence-electron chi connectivity index (χ0n) is 26.5. The number of carbonyl (C=O) groups is 2. The summed E-state index contributed by atoms with van der Waals surface area (Å²) in [6.45, 7) is 4.67. The van der Waals surface area contributed by atoms with Crippen LogP contribution in [-0.2, 0) is 35.1 Å². The summed E-state index contributed by atoms with van der Waals surface area (Å²) < 4.78 is 57.8. The highest BCUT2D eigenvalue weighted by atomic mass is 16.8. The fourth-order valence-electron chi connectivity index (χ4n) is 6.79. The molecule has 12 heteroatoms. The Hall–Kier alpha value is -4.52. The molecule has 12 nitrogen and oxygen atoms in total. The average Bonchev–Trinajstić information content (AvgIpc) is 3.79. The zero-order chi connectivity index (χ0) is 32.7. The third-order valence-electron chi connectivity index (χ3n) is 8.88. The van der Waals surface area contributed by atoms with Gasteiger partial charge in [0.25, 0.3) is 0 Å². The van der Waals surface area contributed by atoms with Crippen LogP contribution in [0.15, 0.2) is 54.6 Å². The molecule has 2 fully saturated rings. The molecule has 3 heterocycles. The van der Waals surface area contributed by atoms with E-state index in [-0.39, 0.29) is 61.9 Å². The van der Waals surface area contributed by atoms with Gasteiger partial charge in [0.1, 0.15) is 12.7 Å². The van der Waals surface area contributed by atoms with E-state index in [9.17, 15) is 9.59 Å². The molecule has 3 aromatic carbocycles. The first-order chi connectivity index (χ1) is 22.7. The number of fused-ring (bicyclic) bond motifs is 3. The molecule has 5 atom stereocenters. The summed E-state index contributed by atoms with van der Waals surface area (Å²) in [6, 6.07) is 16.5. The Kier molecular flexibility index (Phi) is 8.33. The summed E-state index contributed by atoms with van der Waals surface area (Å²) in [5, 5.41) is 0. The van der Waals surface area contributed by atoms with Crippen LogP contribution in [0.25, 0.3) is 0 Å². The van der Waals surface area contributed by atoms with Gasteiger partial charge < -0.3 is 47.4 Å². The normalized spacial score (nSPS) is 25.0. The maximum Gasteiger partial charge on any atom is 0.514 e. The number of benzene rings is 3. The van der Waals surface area contributed by atoms with Gasteiger partial charge in [-0.2, -0.15) is 0 Å². The molecule has 0 aromatic heterocycles. The number of cyclic esters (lactones) is 1. The molecule has 0 spiro atoms. The maximum absolute atomic E-state index is 13.5. The number of hydrogen-bond acceptors (Lipinski definition) is 12. The van der Waals surface area contributed by atoms with E-state index in [2.05, 4.69) is 0 Å². The van der Waals surface area contributed by atoms with Gasteiger partial charge in [-0.1, -0.05) is 30.3 Å². The molecular formula is C35H36O12. The van der Waals surface area contributed by atoms with E-state index in [0.29, 0.717) is 23.7 Å². The fourth-order valence-corrected chi connectivity index (χ4v) is 6.79. The Bertz CT molecular complexity index is 1630. The summed E-state index contributed by atoms with van der Waals surface area (Å²) in [4.78, 5) is 26.2. The standard InChI is InChI=1S/C35H36O12/c1-35(2)45-16-21(47-35)15-40-31-23-13-26-25(43-18-44-26)12-22(23)29(30-24(31)17-41-33(30)36)20-10-27(38-3)32(28(11-20)39-4)46-34(37)42-14-19-8-6-5-7-9-19/h5-13,21,24,29-31H,14-18H2,1-4H3/t21?,24?,29-,30+,31-/m1/s1. The van der Waals surface area contributed by atoms with E-state index in [4.69, 9.17) is 47.4 Å². The molecule has 7 rings (SSSR count). The van der Waals surface area contributed by atoms with Crippen molar-refractivity contribution in [2.75, 3.05) is 40.8 Å². The van der Waals surface area contributed by atoms with Crippen LogP contribution in [0.4, 0.5) is 4.79 Å². The minimum absolute atomic E-state index is 0.0312. The number of hydrogen-bond donors (Lipinski definition) is 0. The topological polar surface area (TPSA) is 126 Å². The van der Waals surface area contributed by atoms with E-state index < -0.39 is 29.9 Å². The van der Waals surface area contributed by atoms with Gasteiger partial charge >= 0.3 is 12.1 Å². The van der Waals surface area contributed by atoms with Crippen molar-refractivity contribution in [2.45, 2.75) is 44.4 Å². The first-order valence-corrected chi connectivity index (χ1v) is 15.4. The largest absolute Gasteiger partial charge is 0.514 e. The Morgan fingerprint density at radius 1 is 0.915 bits per heavy atom. The van der Waals surface area contributed by atoms with Crippen molar-refractivity contribution < 1.29 is 57.0 Å². The minimum atomic E-state index is -0.923. The molecule has 3 aliphatic heterocycles. The van der Waals surface area contributed by atoms with E-state index in [1.165, 1.54) is 14.2 Å². The van der Waals surface area contributed by atoms with Crippen LogP contribution >= 0.6 is 0 Å². The lowest BCUT2D eigenvalue weighted by Gasteiger charge is -2.39. The van der Waals surface area contributed by atoms with Gasteiger partial charge in [-0.05, 0) is 60.4 Å². The van der Waals surface area contributed by atoms with Crippen LogP contribution in [0, 0.1) is 11.8 Å². The van der Waals surface area contributed by atoms with Gasteiger partial charge in [-0.15, -0.1) is 0 Å². The van der Waals surface area contributed by atoms with Crippen molar-refractivity contribution in [1.82, 2.24) is 0 Å². The van der Waals surface area contributed by atoms with E-state index in [1.807, 2.05) is 56.3 Å². The Morgan fingerprint density at radius 2 is 1.62 bits per heavy atom. The Morgan fingerprint density at radius 3 is 2.28 bits per heavy atom. The third kappa shape index (κ3) is 6.04. The number of ether oxygens (including phenoxy) is 10. The predicted molar refractivity (Wildman–Crippen MR) is 163 cm³/mol. The van der Waals surface area contributed by atoms with Gasteiger partial charge in [0, 0.05) is 11.8 Å². The van der Waals surface area contributed by atoms with E-state index in [1.54, 1.807) is 12.1 Å². The number of esters is 1. The number of rotatable bonds is 9. The highest BCUT2D eigenvalue weighted by molar-refractivity contribution is 5.79. The Labute approximate surface area is 271 Å². The first kappa shape index (κ1) is 31.1. The summed E-state index contributed by atoms with van der Waals surface area (Å²) >= 11 is 0. The maximum atomic E-state index is 13.5. The van der Waals surface area contributed by atoms with Crippen molar-refractivity contribution in [2.24, 2.45) is 11.8 Å². The van der Waals surface area contributed by atoms with Gasteiger partial charge in [-0.3, -0.25) is 4.79 Å². The molecule has 2 saturated heterocycles. The Balaban J connectivity index is 1.23. The van der Waals surface area contributed by atoms with Crippen LogP contribution in [0.3, 0.4) is 0 Å². The molecule has 0 radical (unpaired) electrons. The molecular weight excluding hydrogens is 612 g/mol. The number of methoxy groups -OCH3 is 2. The van der Waals surface area contributed by atoms with E-state index >= 15 is 0 Å². The van der Waals surface area contributed by atoms with E-state index in [0.717, 1.165) is 16.7 Å². The van der Waals surface area contributed by atoms with Gasteiger partial charge in [-0.25, -0.2) is 4.79 Å². The smallest absolute Gasteiger partial charge is 0.493 e. The van der Waals surface area contributed by atoms with Crippen LogP contribution in [0.2, 0.25) is 0 Å². The quantitative estimate of drug-likeness (QED) is 0.221. The molecule has 0 N–H and O–H groups in total. The van der Waals surface area contributed by atoms with Crippen LogP contribution < -0.4 is 23.7 Å². The van der Waals surface area contributed by atoms with Gasteiger partial charge in [0.2, 0.25) is 12.5 Å². The summed E-state index contributed by atoms with van der Waals surface area (Å²) in [6.07, 6.45) is -1.68. The number of carbonyl (C=O) groups excluding carboxylic acids is 2. The van der Waals surface area contributed by atoms with Gasteiger partial charge in [0.15, 0.2) is 28.8 Å². The summed E-state index contributed by atoms with van der Waals surface area (Å²) in [5.74, 6) is -0.836. The highest BCUT2D eigenvalue weighted by Crippen LogP contribution is 2.56. The highest BCUT2D eigenvalue weighted by Gasteiger charge is 2.53. The second-order valence-corrected chi connectivity index (χ2v) is 12.2. The summed E-state index contributed by atoms with van der Waals surface area (Å²) in [5.41, 5.74) is 3.15. The molecule has 0 saturated carbocycles. The molecule has 248 valence electrons. The molecule has 0 bridgehead atoms. The van der Waals surface area contributed by atoms with Crippen LogP contribution in [0.1, 0.15) is 48.1 Å². The van der Waals surface area contributed by atoms with Gasteiger partial charge in [0.05, 0.1) is 46.1 Å². The molecule has 2 unspecified atom stereocenters. The van der Waals surface area contributed by atoms with Crippen molar-refractivity contribution >= 4 is 12.1 Å². The van der Waals surface area contributed by atoms with Crippen molar-refractivity contribution in [3.8, 4) is 28.7 Å². The lowest BCUT2D eigenvalue weighted by Crippen LogP contribution is -2.37.